The number of aliphatic hydroxyl groups is 1. The fourth-order valence-corrected chi connectivity index (χ4v) is 3.50. The second-order valence-electron chi connectivity index (χ2n) is 7.50. The molecule has 1 heterocycles. The lowest BCUT2D eigenvalue weighted by Gasteiger charge is -2.12. The molecule has 0 aliphatic rings. The number of benzene rings is 2. The van der Waals surface area contributed by atoms with Crippen LogP contribution >= 0.6 is 11.6 Å². The molecule has 1 aromatic heterocycles. The highest BCUT2D eigenvalue weighted by molar-refractivity contribution is 6.31. The van der Waals surface area contributed by atoms with Crippen LogP contribution in [-0.2, 0) is 0 Å². The molecule has 8 heteroatoms. The molecule has 0 aliphatic carbocycles. The SMILES string of the molecule is COc1cc(C(=O)CCC(=O)c2ccc(OC)c(-c3ccc(Cl)c(C)c3)n2)ccc1OCCO. The van der Waals surface area contributed by atoms with Gasteiger partial charge in [-0.05, 0) is 55.0 Å². The number of halogens is 1. The van der Waals surface area contributed by atoms with Gasteiger partial charge in [0, 0.05) is 29.0 Å². The Hall–Kier alpha value is -3.42. The smallest absolute Gasteiger partial charge is 0.181 e. The largest absolute Gasteiger partial charge is 0.494 e. The third kappa shape index (κ3) is 5.92. The van der Waals surface area contributed by atoms with Gasteiger partial charge in [-0.25, -0.2) is 4.98 Å². The molecule has 0 atom stereocenters. The summed E-state index contributed by atoms with van der Waals surface area (Å²) in [7, 11) is 3.01. The summed E-state index contributed by atoms with van der Waals surface area (Å²) in [4.78, 5) is 30.0. The number of hydrogen-bond donors (Lipinski definition) is 1. The predicted molar refractivity (Wildman–Crippen MR) is 129 cm³/mol. The van der Waals surface area contributed by atoms with Gasteiger partial charge in [0.05, 0.1) is 20.8 Å². The van der Waals surface area contributed by atoms with Crippen molar-refractivity contribution in [1.82, 2.24) is 4.98 Å². The number of ketones is 2. The van der Waals surface area contributed by atoms with Gasteiger partial charge in [0.15, 0.2) is 23.1 Å². The van der Waals surface area contributed by atoms with E-state index in [0.29, 0.717) is 33.5 Å². The van der Waals surface area contributed by atoms with E-state index in [1.807, 2.05) is 19.1 Å². The topological polar surface area (TPSA) is 95.0 Å². The van der Waals surface area contributed by atoms with Crippen LogP contribution in [0.3, 0.4) is 0 Å². The lowest BCUT2D eigenvalue weighted by molar-refractivity contribution is 0.0914. The standard InChI is InChI=1S/C26H26ClNO6/c1-16-14-18(4-6-19(16)27)26-24(32-2)11-7-20(28-26)22(31)9-8-21(30)17-5-10-23(34-13-12-29)25(15-17)33-3/h4-7,10-11,14-15,29H,8-9,12-13H2,1-3H3. The molecule has 0 spiro atoms. The fourth-order valence-electron chi connectivity index (χ4n) is 3.38. The van der Waals surface area contributed by atoms with Crippen molar-refractivity contribution in [1.29, 1.82) is 0 Å². The van der Waals surface area contributed by atoms with Crippen LogP contribution in [0.2, 0.25) is 5.02 Å². The summed E-state index contributed by atoms with van der Waals surface area (Å²) in [5.74, 6) is 0.882. The number of Topliss-reactive ketones (excluding diaryl/α,β-unsaturated/α-hetero) is 2. The maximum Gasteiger partial charge on any atom is 0.181 e. The van der Waals surface area contributed by atoms with Crippen molar-refractivity contribution in [2.24, 2.45) is 0 Å². The summed E-state index contributed by atoms with van der Waals surface area (Å²) < 4.78 is 16.1. The van der Waals surface area contributed by atoms with Crippen molar-refractivity contribution in [2.45, 2.75) is 19.8 Å². The Morgan fingerprint density at radius 2 is 1.62 bits per heavy atom. The number of carbonyl (C=O) groups is 2. The summed E-state index contributed by atoms with van der Waals surface area (Å²) in [6, 6.07) is 13.5. The first-order valence-electron chi connectivity index (χ1n) is 10.7. The highest BCUT2D eigenvalue weighted by atomic mass is 35.5. The zero-order valence-corrected chi connectivity index (χ0v) is 20.0. The molecule has 0 radical (unpaired) electrons. The van der Waals surface area contributed by atoms with Crippen LogP contribution in [0.4, 0.5) is 0 Å². The molecule has 178 valence electrons. The Bertz CT molecular complexity index is 1190. The molecule has 0 bridgehead atoms. The highest BCUT2D eigenvalue weighted by Crippen LogP contribution is 2.31. The minimum Gasteiger partial charge on any atom is -0.494 e. The second-order valence-corrected chi connectivity index (χ2v) is 7.90. The second kappa shape index (κ2) is 11.6. The van der Waals surface area contributed by atoms with Crippen molar-refractivity contribution < 1.29 is 28.9 Å². The number of methoxy groups -OCH3 is 2. The van der Waals surface area contributed by atoms with Gasteiger partial charge in [0.1, 0.15) is 23.7 Å². The molecule has 0 fully saturated rings. The van der Waals surface area contributed by atoms with Crippen LogP contribution in [0.25, 0.3) is 11.3 Å². The van der Waals surface area contributed by atoms with E-state index >= 15 is 0 Å². The molecule has 7 nitrogen and oxygen atoms in total. The summed E-state index contributed by atoms with van der Waals surface area (Å²) in [5, 5.41) is 9.55. The van der Waals surface area contributed by atoms with Crippen molar-refractivity contribution in [3.05, 3.63) is 70.4 Å². The number of nitrogens with zero attached hydrogens (tertiary/aromatic N) is 1. The number of ether oxygens (including phenoxy) is 3. The number of aryl methyl sites for hydroxylation is 1. The molecular weight excluding hydrogens is 458 g/mol. The van der Waals surface area contributed by atoms with E-state index in [2.05, 4.69) is 4.98 Å². The summed E-state index contributed by atoms with van der Waals surface area (Å²) in [6.07, 6.45) is 0.0181. The lowest BCUT2D eigenvalue weighted by Crippen LogP contribution is -2.08. The lowest BCUT2D eigenvalue weighted by atomic mass is 10.0. The fraction of sp³-hybridized carbons (Fsp3) is 0.269. The zero-order chi connectivity index (χ0) is 24.7. The normalized spacial score (nSPS) is 10.6. The van der Waals surface area contributed by atoms with E-state index in [1.54, 1.807) is 36.4 Å². The quantitative estimate of drug-likeness (QED) is 0.386. The molecule has 3 aromatic rings. The number of hydrogen-bond acceptors (Lipinski definition) is 7. The molecule has 3 rings (SSSR count). The van der Waals surface area contributed by atoms with Crippen molar-refractivity contribution >= 4 is 23.2 Å². The van der Waals surface area contributed by atoms with Crippen LogP contribution in [0.5, 0.6) is 17.2 Å². The Morgan fingerprint density at radius 1 is 0.912 bits per heavy atom. The van der Waals surface area contributed by atoms with Crippen molar-refractivity contribution in [3.8, 4) is 28.5 Å². The molecule has 0 unspecified atom stereocenters. The summed E-state index contributed by atoms with van der Waals surface area (Å²) in [5.41, 5.74) is 2.85. The molecule has 0 saturated heterocycles. The van der Waals surface area contributed by atoms with Crippen molar-refractivity contribution in [3.63, 3.8) is 0 Å². The van der Waals surface area contributed by atoms with Gasteiger partial charge in [-0.2, -0.15) is 0 Å². The number of aliphatic hydroxyl groups excluding tert-OH is 1. The molecule has 0 amide bonds. The van der Waals surface area contributed by atoms with Crippen LogP contribution in [-0.4, -0.2) is 49.1 Å². The third-order valence-corrected chi connectivity index (χ3v) is 5.63. The molecule has 34 heavy (non-hydrogen) atoms. The number of carbonyl (C=O) groups excluding carboxylic acids is 2. The number of rotatable bonds is 11. The highest BCUT2D eigenvalue weighted by Gasteiger charge is 2.17. The Labute approximate surface area is 203 Å². The minimum absolute atomic E-state index is 0.00231. The Morgan fingerprint density at radius 3 is 2.29 bits per heavy atom. The first kappa shape index (κ1) is 25.2. The average Bonchev–Trinajstić information content (AvgIpc) is 2.86. The molecule has 2 aromatic carbocycles. The van der Waals surface area contributed by atoms with E-state index in [0.717, 1.165) is 11.1 Å². The monoisotopic (exact) mass is 483 g/mol. The van der Waals surface area contributed by atoms with Crippen LogP contribution in [0.15, 0.2) is 48.5 Å². The number of pyridine rings is 1. The summed E-state index contributed by atoms with van der Waals surface area (Å²) in [6.45, 7) is 1.87. The average molecular weight is 484 g/mol. The van der Waals surface area contributed by atoms with Gasteiger partial charge in [-0.15, -0.1) is 0 Å². The van der Waals surface area contributed by atoms with E-state index in [1.165, 1.54) is 14.2 Å². The molecular formula is C26H26ClNO6. The van der Waals surface area contributed by atoms with Crippen LogP contribution < -0.4 is 14.2 Å². The predicted octanol–water partition coefficient (Wildman–Crippen LogP) is 4.94. The van der Waals surface area contributed by atoms with Crippen LogP contribution in [0.1, 0.15) is 39.3 Å². The van der Waals surface area contributed by atoms with E-state index in [4.69, 9.17) is 30.9 Å². The van der Waals surface area contributed by atoms with Gasteiger partial charge in [-0.1, -0.05) is 17.7 Å². The minimum atomic E-state index is -0.252. The Kier molecular flexibility index (Phi) is 8.62. The van der Waals surface area contributed by atoms with Gasteiger partial charge < -0.3 is 19.3 Å². The zero-order valence-electron chi connectivity index (χ0n) is 19.3. The molecule has 0 saturated carbocycles. The van der Waals surface area contributed by atoms with Gasteiger partial charge >= 0.3 is 0 Å². The Balaban J connectivity index is 1.74. The van der Waals surface area contributed by atoms with Gasteiger partial charge in [-0.3, -0.25) is 9.59 Å². The third-order valence-electron chi connectivity index (χ3n) is 5.21. The van der Waals surface area contributed by atoms with Gasteiger partial charge in [0.25, 0.3) is 0 Å². The summed E-state index contributed by atoms with van der Waals surface area (Å²) >= 11 is 6.13. The van der Waals surface area contributed by atoms with E-state index in [-0.39, 0.29) is 43.3 Å². The van der Waals surface area contributed by atoms with Crippen molar-refractivity contribution in [2.75, 3.05) is 27.4 Å². The number of aromatic nitrogens is 1. The molecule has 1 N–H and O–H groups in total. The molecule has 0 aliphatic heterocycles. The van der Waals surface area contributed by atoms with E-state index < -0.39 is 0 Å². The first-order valence-corrected chi connectivity index (χ1v) is 11.1. The maximum absolute atomic E-state index is 12.8. The van der Waals surface area contributed by atoms with Gasteiger partial charge in [0.2, 0.25) is 0 Å². The first-order chi connectivity index (χ1) is 16.4. The maximum atomic E-state index is 12.8. The van der Waals surface area contributed by atoms with E-state index in [9.17, 15) is 9.59 Å². The van der Waals surface area contributed by atoms with Crippen LogP contribution in [0, 0.1) is 6.92 Å².